The molecule has 0 bridgehead atoms. The third-order valence-corrected chi connectivity index (χ3v) is 4.86. The van der Waals surface area contributed by atoms with Gasteiger partial charge < -0.3 is 4.90 Å². The summed E-state index contributed by atoms with van der Waals surface area (Å²) < 4.78 is 0. The number of nitrogens with zero attached hydrogens (tertiary/aromatic N) is 1. The number of aryl methyl sites for hydroxylation is 2. The van der Waals surface area contributed by atoms with Crippen molar-refractivity contribution in [3.8, 4) is 0 Å². The van der Waals surface area contributed by atoms with E-state index in [2.05, 4.69) is 32.0 Å². The molecule has 0 N–H and O–H groups in total. The molecule has 2 aromatic carbocycles. The molecule has 1 heterocycles. The molecular formula is C22H25NO2. The van der Waals surface area contributed by atoms with E-state index in [0.29, 0.717) is 5.56 Å². The maximum absolute atomic E-state index is 12.7. The molecular weight excluding hydrogens is 310 g/mol. The second-order valence-corrected chi connectivity index (χ2v) is 6.96. The van der Waals surface area contributed by atoms with Crippen LogP contribution >= 0.6 is 0 Å². The Balaban J connectivity index is 1.66. The number of ketones is 1. The van der Waals surface area contributed by atoms with Crippen LogP contribution in [0.3, 0.4) is 0 Å². The number of carbonyl (C=O) groups excluding carboxylic acids is 2. The maximum atomic E-state index is 12.7. The summed E-state index contributed by atoms with van der Waals surface area (Å²) in [6, 6.07) is 15.9. The van der Waals surface area contributed by atoms with Crippen LogP contribution in [0.15, 0.2) is 48.5 Å². The van der Waals surface area contributed by atoms with E-state index in [1.807, 2.05) is 23.1 Å². The summed E-state index contributed by atoms with van der Waals surface area (Å²) in [6.07, 6.45) is 2.59. The summed E-state index contributed by atoms with van der Waals surface area (Å²) in [5, 5.41) is 0. The number of likely N-dealkylation sites (tertiary alicyclic amines) is 1. The van der Waals surface area contributed by atoms with Crippen LogP contribution in [0.25, 0.3) is 0 Å². The third-order valence-electron chi connectivity index (χ3n) is 4.86. The van der Waals surface area contributed by atoms with Gasteiger partial charge in [-0.05, 0) is 32.3 Å². The molecule has 2 aromatic rings. The van der Waals surface area contributed by atoms with E-state index in [9.17, 15) is 9.59 Å². The van der Waals surface area contributed by atoms with Gasteiger partial charge >= 0.3 is 0 Å². The fraction of sp³-hybridized carbons (Fsp3) is 0.364. The molecule has 0 spiro atoms. The van der Waals surface area contributed by atoms with Crippen LogP contribution in [0, 0.1) is 13.8 Å². The zero-order chi connectivity index (χ0) is 17.8. The van der Waals surface area contributed by atoms with E-state index in [4.69, 9.17) is 0 Å². The van der Waals surface area contributed by atoms with Crippen molar-refractivity contribution in [2.24, 2.45) is 0 Å². The molecule has 3 nitrogen and oxygen atoms in total. The van der Waals surface area contributed by atoms with Gasteiger partial charge in [-0.25, -0.2) is 0 Å². The van der Waals surface area contributed by atoms with E-state index in [1.54, 1.807) is 12.1 Å². The molecule has 1 fully saturated rings. The molecule has 25 heavy (non-hydrogen) atoms. The molecule has 3 rings (SSSR count). The molecule has 0 saturated carbocycles. The van der Waals surface area contributed by atoms with Gasteiger partial charge in [0.1, 0.15) is 0 Å². The quantitative estimate of drug-likeness (QED) is 0.747. The lowest BCUT2D eigenvalue weighted by Crippen LogP contribution is -2.30. The average molecular weight is 335 g/mol. The van der Waals surface area contributed by atoms with Crippen molar-refractivity contribution in [2.45, 2.75) is 45.6 Å². The first-order valence-electron chi connectivity index (χ1n) is 9.00. The molecule has 0 aromatic heterocycles. The van der Waals surface area contributed by atoms with Gasteiger partial charge in [0.2, 0.25) is 5.91 Å². The highest BCUT2D eigenvalue weighted by molar-refractivity contribution is 5.97. The second kappa shape index (κ2) is 7.64. The Morgan fingerprint density at radius 3 is 2.36 bits per heavy atom. The molecule has 3 heteroatoms. The van der Waals surface area contributed by atoms with Crippen LogP contribution in [0.5, 0.6) is 0 Å². The fourth-order valence-electron chi connectivity index (χ4n) is 3.75. The highest BCUT2D eigenvalue weighted by Crippen LogP contribution is 2.33. The lowest BCUT2D eigenvalue weighted by molar-refractivity contribution is -0.132. The number of hydrogen-bond donors (Lipinski definition) is 0. The smallest absolute Gasteiger partial charge is 0.223 e. The molecule has 1 saturated heterocycles. The Bertz CT molecular complexity index is 747. The molecule has 1 aliphatic heterocycles. The molecule has 1 unspecified atom stereocenters. The summed E-state index contributed by atoms with van der Waals surface area (Å²) >= 11 is 0. The molecule has 0 radical (unpaired) electrons. The number of rotatable bonds is 5. The fourth-order valence-corrected chi connectivity index (χ4v) is 3.75. The van der Waals surface area contributed by atoms with E-state index < -0.39 is 0 Å². The van der Waals surface area contributed by atoms with Crippen molar-refractivity contribution < 1.29 is 9.59 Å². The van der Waals surface area contributed by atoms with Gasteiger partial charge in [0.15, 0.2) is 5.78 Å². The highest BCUT2D eigenvalue weighted by Gasteiger charge is 2.30. The van der Waals surface area contributed by atoms with Gasteiger partial charge in [0.05, 0.1) is 6.04 Å². The van der Waals surface area contributed by atoms with Crippen LogP contribution in [-0.4, -0.2) is 23.1 Å². The normalized spacial score (nSPS) is 16.9. The predicted octanol–water partition coefficient (Wildman–Crippen LogP) is 4.63. The zero-order valence-electron chi connectivity index (χ0n) is 15.0. The van der Waals surface area contributed by atoms with Crippen LogP contribution < -0.4 is 0 Å². The van der Waals surface area contributed by atoms with Gasteiger partial charge in [-0.15, -0.1) is 0 Å². The lowest BCUT2D eigenvalue weighted by Gasteiger charge is -2.26. The summed E-state index contributed by atoms with van der Waals surface area (Å²) in [6.45, 7) is 4.97. The maximum Gasteiger partial charge on any atom is 0.223 e. The monoisotopic (exact) mass is 335 g/mol. The number of carbonyl (C=O) groups is 2. The van der Waals surface area contributed by atoms with Crippen LogP contribution in [-0.2, 0) is 4.79 Å². The minimum absolute atomic E-state index is 0.0381. The summed E-state index contributed by atoms with van der Waals surface area (Å²) in [4.78, 5) is 26.9. The number of Topliss-reactive ketones (excluding diaryl/α,β-unsaturated/α-hetero) is 1. The highest BCUT2D eigenvalue weighted by atomic mass is 16.2. The van der Waals surface area contributed by atoms with Crippen LogP contribution in [0.4, 0.5) is 0 Å². The van der Waals surface area contributed by atoms with Gasteiger partial charge in [0, 0.05) is 24.9 Å². The molecule has 1 atom stereocenters. The zero-order valence-corrected chi connectivity index (χ0v) is 15.0. The Morgan fingerprint density at radius 1 is 1.00 bits per heavy atom. The first kappa shape index (κ1) is 17.4. The number of benzene rings is 2. The number of amides is 1. The van der Waals surface area contributed by atoms with E-state index in [-0.39, 0.29) is 30.6 Å². The van der Waals surface area contributed by atoms with Gasteiger partial charge in [-0.2, -0.15) is 0 Å². The van der Waals surface area contributed by atoms with E-state index in [1.165, 1.54) is 16.7 Å². The lowest BCUT2D eigenvalue weighted by atomic mass is 9.99. The van der Waals surface area contributed by atoms with E-state index in [0.717, 1.165) is 19.4 Å². The minimum Gasteiger partial charge on any atom is -0.336 e. The van der Waals surface area contributed by atoms with Gasteiger partial charge in [0.25, 0.3) is 0 Å². The third kappa shape index (κ3) is 4.16. The Morgan fingerprint density at radius 2 is 1.68 bits per heavy atom. The predicted molar refractivity (Wildman–Crippen MR) is 99.6 cm³/mol. The minimum atomic E-state index is 0.0381. The van der Waals surface area contributed by atoms with Gasteiger partial charge in [-0.1, -0.05) is 59.7 Å². The SMILES string of the molecule is Cc1cc(C)cc(C2CCCN2C(=O)CCC(=O)c2ccccc2)c1. The van der Waals surface area contributed by atoms with Crippen LogP contribution in [0.1, 0.15) is 58.8 Å². The Kier molecular flexibility index (Phi) is 5.32. The van der Waals surface area contributed by atoms with Crippen LogP contribution in [0.2, 0.25) is 0 Å². The first-order chi connectivity index (χ1) is 12.0. The standard InChI is InChI=1S/C22H25NO2/c1-16-13-17(2)15-19(14-16)20-9-6-12-23(20)22(25)11-10-21(24)18-7-4-3-5-8-18/h3-5,7-8,13-15,20H,6,9-12H2,1-2H3. The summed E-state index contributed by atoms with van der Waals surface area (Å²) in [5.74, 6) is 0.127. The second-order valence-electron chi connectivity index (χ2n) is 6.96. The topological polar surface area (TPSA) is 37.4 Å². The first-order valence-corrected chi connectivity index (χ1v) is 9.00. The molecule has 0 aliphatic carbocycles. The molecule has 1 aliphatic rings. The van der Waals surface area contributed by atoms with Gasteiger partial charge in [-0.3, -0.25) is 9.59 Å². The van der Waals surface area contributed by atoms with Crippen molar-refractivity contribution in [2.75, 3.05) is 6.54 Å². The summed E-state index contributed by atoms with van der Waals surface area (Å²) in [5.41, 5.74) is 4.36. The van der Waals surface area contributed by atoms with Crippen molar-refractivity contribution in [1.82, 2.24) is 4.90 Å². The van der Waals surface area contributed by atoms with Crippen molar-refractivity contribution in [3.63, 3.8) is 0 Å². The molecule has 130 valence electrons. The van der Waals surface area contributed by atoms with Crippen molar-refractivity contribution in [3.05, 3.63) is 70.8 Å². The average Bonchev–Trinajstić information content (AvgIpc) is 3.09. The Hall–Kier alpha value is -2.42. The largest absolute Gasteiger partial charge is 0.336 e. The van der Waals surface area contributed by atoms with Crippen molar-refractivity contribution >= 4 is 11.7 Å². The van der Waals surface area contributed by atoms with E-state index >= 15 is 0 Å². The van der Waals surface area contributed by atoms with Crippen molar-refractivity contribution in [1.29, 1.82) is 0 Å². The Labute approximate surface area is 149 Å². The number of hydrogen-bond acceptors (Lipinski definition) is 2. The summed E-state index contributed by atoms with van der Waals surface area (Å²) in [7, 11) is 0. The molecule has 1 amide bonds.